The molecule has 0 saturated carbocycles. The summed E-state index contributed by atoms with van der Waals surface area (Å²) in [7, 11) is 0. The van der Waals surface area contributed by atoms with Gasteiger partial charge in [-0.2, -0.15) is 0 Å². The molecule has 1 unspecified atom stereocenters. The first-order valence-corrected chi connectivity index (χ1v) is 5.20. The third-order valence-corrected chi connectivity index (χ3v) is 2.56. The molecular weight excluding hydrogens is 217 g/mol. The predicted molar refractivity (Wildman–Crippen MR) is 63.1 cm³/mol. The Morgan fingerprint density at radius 1 is 1.50 bits per heavy atom. The second-order valence-electron chi connectivity index (χ2n) is 3.08. The minimum absolute atomic E-state index is 0.206. The van der Waals surface area contributed by atoms with Crippen LogP contribution in [0.1, 0.15) is 18.5 Å². The zero-order valence-electron chi connectivity index (χ0n) is 8.06. The third-order valence-electron chi connectivity index (χ3n) is 2.00. The van der Waals surface area contributed by atoms with Gasteiger partial charge in [-0.3, -0.25) is 0 Å². The van der Waals surface area contributed by atoms with Gasteiger partial charge in [-0.05, 0) is 24.6 Å². The van der Waals surface area contributed by atoms with E-state index in [9.17, 15) is 0 Å². The second-order valence-corrected chi connectivity index (χ2v) is 3.93. The van der Waals surface area contributed by atoms with Gasteiger partial charge < -0.3 is 5.32 Å². The van der Waals surface area contributed by atoms with Crippen LogP contribution in [0.3, 0.4) is 0 Å². The Bertz CT molecular complexity index is 323. The third kappa shape index (κ3) is 3.02. The Morgan fingerprint density at radius 2 is 2.21 bits per heavy atom. The lowest BCUT2D eigenvalue weighted by atomic mass is 10.1. The largest absolute Gasteiger partial charge is 0.307 e. The van der Waals surface area contributed by atoms with E-state index in [0.717, 1.165) is 12.1 Å². The van der Waals surface area contributed by atoms with Crippen molar-refractivity contribution < 1.29 is 0 Å². The lowest BCUT2D eigenvalue weighted by Crippen LogP contribution is -2.18. The van der Waals surface area contributed by atoms with Gasteiger partial charge in [0.2, 0.25) is 0 Å². The van der Waals surface area contributed by atoms with Crippen molar-refractivity contribution >= 4 is 23.2 Å². The van der Waals surface area contributed by atoms with Gasteiger partial charge in [-0.1, -0.05) is 35.3 Å². The van der Waals surface area contributed by atoms with Gasteiger partial charge in [0.25, 0.3) is 0 Å². The minimum Gasteiger partial charge on any atom is -0.307 e. The molecule has 0 fully saturated rings. The number of rotatable bonds is 4. The maximum absolute atomic E-state index is 6.05. The normalized spacial score (nSPS) is 12.5. The van der Waals surface area contributed by atoms with E-state index in [1.165, 1.54) is 0 Å². The summed E-state index contributed by atoms with van der Waals surface area (Å²) in [6, 6.07) is 5.74. The van der Waals surface area contributed by atoms with Crippen LogP contribution >= 0.6 is 23.2 Å². The molecule has 0 radical (unpaired) electrons. The lowest BCUT2D eigenvalue weighted by Gasteiger charge is -2.14. The smallest absolute Gasteiger partial charge is 0.0468 e. The van der Waals surface area contributed by atoms with E-state index in [0.29, 0.717) is 10.0 Å². The van der Waals surface area contributed by atoms with Gasteiger partial charge >= 0.3 is 0 Å². The van der Waals surface area contributed by atoms with E-state index in [1.807, 2.05) is 18.2 Å². The molecule has 0 aliphatic heterocycles. The molecule has 14 heavy (non-hydrogen) atoms. The van der Waals surface area contributed by atoms with Crippen LogP contribution in [0.15, 0.2) is 30.9 Å². The van der Waals surface area contributed by atoms with E-state index < -0.39 is 0 Å². The zero-order chi connectivity index (χ0) is 10.6. The molecule has 0 saturated heterocycles. The molecule has 1 rings (SSSR count). The average Bonchev–Trinajstić information content (AvgIpc) is 2.14. The van der Waals surface area contributed by atoms with Crippen LogP contribution in [0, 0.1) is 0 Å². The highest BCUT2D eigenvalue weighted by Gasteiger charge is 2.08. The van der Waals surface area contributed by atoms with Crippen LogP contribution in [-0.2, 0) is 0 Å². The molecule has 0 heterocycles. The first kappa shape index (κ1) is 11.6. The van der Waals surface area contributed by atoms with Crippen LogP contribution in [0.5, 0.6) is 0 Å². The Labute approximate surface area is 94.7 Å². The summed E-state index contributed by atoms with van der Waals surface area (Å²) in [4.78, 5) is 0. The SMILES string of the molecule is C=CCNC(C)c1ccc(Cl)cc1Cl. The van der Waals surface area contributed by atoms with Crippen LogP contribution in [0.4, 0.5) is 0 Å². The molecule has 0 aromatic heterocycles. The second kappa shape index (κ2) is 5.40. The number of halogens is 2. The molecular formula is C11H13Cl2N. The summed E-state index contributed by atoms with van der Waals surface area (Å²) < 4.78 is 0. The van der Waals surface area contributed by atoms with Crippen molar-refractivity contribution in [2.45, 2.75) is 13.0 Å². The van der Waals surface area contributed by atoms with Crippen LogP contribution < -0.4 is 5.32 Å². The number of benzene rings is 1. The maximum atomic E-state index is 6.05. The Balaban J connectivity index is 2.78. The molecule has 1 atom stereocenters. The van der Waals surface area contributed by atoms with Crippen molar-refractivity contribution in [3.05, 3.63) is 46.5 Å². The molecule has 0 aliphatic carbocycles. The Hall–Kier alpha value is -0.500. The van der Waals surface area contributed by atoms with Crippen LogP contribution in [-0.4, -0.2) is 6.54 Å². The van der Waals surface area contributed by atoms with Gasteiger partial charge in [0.1, 0.15) is 0 Å². The molecule has 1 aromatic rings. The molecule has 0 amide bonds. The van der Waals surface area contributed by atoms with Gasteiger partial charge in [-0.15, -0.1) is 6.58 Å². The molecule has 0 spiro atoms. The van der Waals surface area contributed by atoms with Crippen molar-refractivity contribution in [2.75, 3.05) is 6.54 Å². The van der Waals surface area contributed by atoms with Gasteiger partial charge in [0, 0.05) is 22.6 Å². The minimum atomic E-state index is 0.206. The fraction of sp³-hybridized carbons (Fsp3) is 0.273. The first-order valence-electron chi connectivity index (χ1n) is 4.44. The number of hydrogen-bond donors (Lipinski definition) is 1. The molecule has 76 valence electrons. The summed E-state index contributed by atoms with van der Waals surface area (Å²) >= 11 is 11.9. The zero-order valence-corrected chi connectivity index (χ0v) is 9.57. The predicted octanol–water partition coefficient (Wildman–Crippen LogP) is 3.83. The molecule has 1 aromatic carbocycles. The summed E-state index contributed by atoms with van der Waals surface area (Å²) in [5, 5.41) is 4.62. The van der Waals surface area contributed by atoms with Crippen molar-refractivity contribution in [1.82, 2.24) is 5.32 Å². The van der Waals surface area contributed by atoms with E-state index in [1.54, 1.807) is 6.07 Å². The summed E-state index contributed by atoms with van der Waals surface area (Å²) in [6.45, 7) is 6.46. The molecule has 0 bridgehead atoms. The topological polar surface area (TPSA) is 12.0 Å². The fourth-order valence-corrected chi connectivity index (χ4v) is 1.79. The van der Waals surface area contributed by atoms with Gasteiger partial charge in [0.15, 0.2) is 0 Å². The first-order chi connectivity index (χ1) is 6.65. The van der Waals surface area contributed by atoms with Gasteiger partial charge in [-0.25, -0.2) is 0 Å². The Kier molecular flexibility index (Phi) is 4.46. The van der Waals surface area contributed by atoms with Crippen molar-refractivity contribution in [1.29, 1.82) is 0 Å². The number of hydrogen-bond acceptors (Lipinski definition) is 1. The van der Waals surface area contributed by atoms with E-state index >= 15 is 0 Å². The van der Waals surface area contributed by atoms with Crippen molar-refractivity contribution in [3.63, 3.8) is 0 Å². The van der Waals surface area contributed by atoms with Crippen molar-refractivity contribution in [3.8, 4) is 0 Å². The monoisotopic (exact) mass is 229 g/mol. The molecule has 1 nitrogen and oxygen atoms in total. The molecule has 1 N–H and O–H groups in total. The van der Waals surface area contributed by atoms with Gasteiger partial charge in [0.05, 0.1) is 0 Å². The fourth-order valence-electron chi connectivity index (χ4n) is 1.22. The highest BCUT2D eigenvalue weighted by atomic mass is 35.5. The van der Waals surface area contributed by atoms with E-state index in [4.69, 9.17) is 23.2 Å². The molecule has 0 aliphatic rings. The van der Waals surface area contributed by atoms with E-state index in [-0.39, 0.29) is 6.04 Å². The van der Waals surface area contributed by atoms with E-state index in [2.05, 4.69) is 18.8 Å². The molecule has 3 heteroatoms. The van der Waals surface area contributed by atoms with Crippen LogP contribution in [0.2, 0.25) is 10.0 Å². The average molecular weight is 230 g/mol. The summed E-state index contributed by atoms with van der Waals surface area (Å²) in [6.07, 6.45) is 1.82. The standard InChI is InChI=1S/C11H13Cl2N/c1-3-6-14-8(2)10-5-4-9(12)7-11(10)13/h3-5,7-8,14H,1,6H2,2H3. The maximum Gasteiger partial charge on any atom is 0.0468 e. The summed E-state index contributed by atoms with van der Waals surface area (Å²) in [5.74, 6) is 0. The number of nitrogens with one attached hydrogen (secondary N) is 1. The Morgan fingerprint density at radius 3 is 2.79 bits per heavy atom. The lowest BCUT2D eigenvalue weighted by molar-refractivity contribution is 0.618. The highest BCUT2D eigenvalue weighted by Crippen LogP contribution is 2.25. The quantitative estimate of drug-likeness (QED) is 0.775. The van der Waals surface area contributed by atoms with Crippen LogP contribution in [0.25, 0.3) is 0 Å². The highest BCUT2D eigenvalue weighted by molar-refractivity contribution is 6.35. The van der Waals surface area contributed by atoms with Crippen molar-refractivity contribution in [2.24, 2.45) is 0 Å². The summed E-state index contributed by atoms with van der Waals surface area (Å²) in [5.41, 5.74) is 1.05.